The van der Waals surface area contributed by atoms with Crippen LogP contribution in [0.5, 0.6) is 0 Å². The highest BCUT2D eigenvalue weighted by molar-refractivity contribution is 5.25. The van der Waals surface area contributed by atoms with Gasteiger partial charge in [-0.05, 0) is 19.4 Å². The summed E-state index contributed by atoms with van der Waals surface area (Å²) >= 11 is 0. The quantitative estimate of drug-likeness (QED) is 0.551. The molecule has 0 saturated carbocycles. The predicted molar refractivity (Wildman–Crippen MR) is 45.2 cm³/mol. The first-order chi connectivity index (χ1) is 5.16. The first kappa shape index (κ1) is 7.87. The summed E-state index contributed by atoms with van der Waals surface area (Å²) in [7, 11) is 1.91. The highest BCUT2D eigenvalue weighted by atomic mass is 15.3. The van der Waals surface area contributed by atoms with Crippen LogP contribution in [-0.2, 0) is 7.05 Å². The Labute approximate surface area is 67.2 Å². The number of terminal acetylenes is 1. The summed E-state index contributed by atoms with van der Waals surface area (Å²) in [6, 6.07) is 0. The van der Waals surface area contributed by atoms with Crippen LogP contribution >= 0.6 is 0 Å². The van der Waals surface area contributed by atoms with Crippen molar-refractivity contribution in [2.24, 2.45) is 7.05 Å². The fraction of sp³-hybridized carbons (Fsp3) is 0.444. The van der Waals surface area contributed by atoms with E-state index >= 15 is 0 Å². The Bertz CT molecular complexity index is 272. The van der Waals surface area contributed by atoms with E-state index in [1.54, 1.807) is 0 Å². The third kappa shape index (κ3) is 1.27. The monoisotopic (exact) mass is 148 g/mol. The number of hydrogen-bond acceptors (Lipinski definition) is 1. The molecule has 1 aromatic rings. The molecule has 0 aliphatic rings. The summed E-state index contributed by atoms with van der Waals surface area (Å²) in [5.41, 5.74) is 2.30. The van der Waals surface area contributed by atoms with E-state index in [-0.39, 0.29) is 5.92 Å². The van der Waals surface area contributed by atoms with Gasteiger partial charge >= 0.3 is 0 Å². The van der Waals surface area contributed by atoms with Crippen LogP contribution < -0.4 is 0 Å². The van der Waals surface area contributed by atoms with Crippen molar-refractivity contribution in [3.63, 3.8) is 0 Å². The number of rotatable bonds is 1. The maximum Gasteiger partial charge on any atom is 0.0593 e. The fourth-order valence-electron chi connectivity index (χ4n) is 1.26. The van der Waals surface area contributed by atoms with E-state index in [9.17, 15) is 0 Å². The van der Waals surface area contributed by atoms with Gasteiger partial charge in [0.1, 0.15) is 0 Å². The largest absolute Gasteiger partial charge is 0.271 e. The summed E-state index contributed by atoms with van der Waals surface area (Å²) in [4.78, 5) is 0. The molecule has 0 aliphatic carbocycles. The van der Waals surface area contributed by atoms with Gasteiger partial charge in [-0.2, -0.15) is 5.10 Å². The van der Waals surface area contributed by atoms with Crippen LogP contribution in [-0.4, -0.2) is 9.78 Å². The SMILES string of the molecule is C#CC(C)c1c(C)cnn1C. The van der Waals surface area contributed by atoms with Crippen molar-refractivity contribution >= 4 is 0 Å². The molecular formula is C9H12N2. The van der Waals surface area contributed by atoms with Crippen LogP contribution in [0, 0.1) is 19.3 Å². The maximum absolute atomic E-state index is 5.31. The molecule has 1 unspecified atom stereocenters. The van der Waals surface area contributed by atoms with Gasteiger partial charge in [-0.15, -0.1) is 6.42 Å². The Balaban J connectivity index is 3.12. The van der Waals surface area contributed by atoms with Gasteiger partial charge in [0.15, 0.2) is 0 Å². The summed E-state index contributed by atoms with van der Waals surface area (Å²) in [5, 5.41) is 4.11. The smallest absolute Gasteiger partial charge is 0.0593 e. The molecule has 1 atom stereocenters. The molecular weight excluding hydrogens is 136 g/mol. The van der Waals surface area contributed by atoms with Crippen LogP contribution in [0.2, 0.25) is 0 Å². The summed E-state index contributed by atoms with van der Waals surface area (Å²) in [6.45, 7) is 4.03. The minimum Gasteiger partial charge on any atom is -0.271 e. The van der Waals surface area contributed by atoms with E-state index in [2.05, 4.69) is 11.0 Å². The average Bonchev–Trinajstić information content (AvgIpc) is 2.30. The lowest BCUT2D eigenvalue weighted by atomic mass is 10.1. The van der Waals surface area contributed by atoms with Crippen LogP contribution in [0.4, 0.5) is 0 Å². The highest BCUT2D eigenvalue weighted by Crippen LogP contribution is 2.16. The Morgan fingerprint density at radius 3 is 2.73 bits per heavy atom. The van der Waals surface area contributed by atoms with Gasteiger partial charge in [-0.3, -0.25) is 4.68 Å². The van der Waals surface area contributed by atoms with Crippen molar-refractivity contribution in [2.75, 3.05) is 0 Å². The summed E-state index contributed by atoms with van der Waals surface area (Å²) < 4.78 is 1.83. The summed E-state index contributed by atoms with van der Waals surface area (Å²) in [6.07, 6.45) is 7.15. The molecule has 0 radical (unpaired) electrons. The Morgan fingerprint density at radius 2 is 2.36 bits per heavy atom. The lowest BCUT2D eigenvalue weighted by Gasteiger charge is -2.05. The minimum atomic E-state index is 0.155. The van der Waals surface area contributed by atoms with Crippen molar-refractivity contribution < 1.29 is 0 Å². The third-order valence-corrected chi connectivity index (χ3v) is 1.84. The molecule has 11 heavy (non-hydrogen) atoms. The molecule has 0 saturated heterocycles. The van der Waals surface area contributed by atoms with E-state index in [1.165, 1.54) is 0 Å². The zero-order valence-electron chi connectivity index (χ0n) is 7.13. The first-order valence-corrected chi connectivity index (χ1v) is 3.61. The molecule has 0 N–H and O–H groups in total. The maximum atomic E-state index is 5.31. The number of aromatic nitrogens is 2. The van der Waals surface area contributed by atoms with Crippen molar-refractivity contribution in [3.8, 4) is 12.3 Å². The van der Waals surface area contributed by atoms with Gasteiger partial charge in [0.2, 0.25) is 0 Å². The van der Waals surface area contributed by atoms with Gasteiger partial charge in [-0.1, -0.05) is 5.92 Å². The van der Waals surface area contributed by atoms with Crippen molar-refractivity contribution in [2.45, 2.75) is 19.8 Å². The molecule has 0 bridgehead atoms. The van der Waals surface area contributed by atoms with Crippen molar-refractivity contribution in [1.29, 1.82) is 0 Å². The summed E-state index contributed by atoms with van der Waals surface area (Å²) in [5.74, 6) is 2.84. The zero-order chi connectivity index (χ0) is 8.43. The van der Waals surface area contributed by atoms with E-state index in [4.69, 9.17) is 6.42 Å². The number of hydrogen-bond donors (Lipinski definition) is 0. The molecule has 58 valence electrons. The molecule has 1 aromatic heterocycles. The fourth-order valence-corrected chi connectivity index (χ4v) is 1.26. The third-order valence-electron chi connectivity index (χ3n) is 1.84. The second-order valence-electron chi connectivity index (χ2n) is 2.72. The molecule has 2 heteroatoms. The molecule has 0 spiro atoms. The van der Waals surface area contributed by atoms with Gasteiger partial charge in [0.05, 0.1) is 17.8 Å². The molecule has 1 heterocycles. The normalized spacial score (nSPS) is 12.5. The van der Waals surface area contributed by atoms with E-state index < -0.39 is 0 Å². The Kier molecular flexibility index (Phi) is 2.00. The van der Waals surface area contributed by atoms with Gasteiger partial charge in [-0.25, -0.2) is 0 Å². The lowest BCUT2D eigenvalue weighted by molar-refractivity contribution is 0.697. The number of aryl methyl sites for hydroxylation is 2. The molecule has 0 aliphatic heterocycles. The van der Waals surface area contributed by atoms with Gasteiger partial charge in [0.25, 0.3) is 0 Å². The Morgan fingerprint density at radius 1 is 1.73 bits per heavy atom. The van der Waals surface area contributed by atoms with Crippen LogP contribution in [0.3, 0.4) is 0 Å². The van der Waals surface area contributed by atoms with E-state index in [0.29, 0.717) is 0 Å². The van der Waals surface area contributed by atoms with Crippen LogP contribution in [0.1, 0.15) is 24.1 Å². The molecule has 2 nitrogen and oxygen atoms in total. The van der Waals surface area contributed by atoms with Crippen LogP contribution in [0.15, 0.2) is 6.20 Å². The van der Waals surface area contributed by atoms with E-state index in [1.807, 2.05) is 31.8 Å². The van der Waals surface area contributed by atoms with E-state index in [0.717, 1.165) is 11.3 Å². The minimum absolute atomic E-state index is 0.155. The lowest BCUT2D eigenvalue weighted by Crippen LogP contribution is -2.02. The second kappa shape index (κ2) is 2.79. The van der Waals surface area contributed by atoms with Gasteiger partial charge < -0.3 is 0 Å². The standard InChI is InChI=1S/C9H12N2/c1-5-7(2)9-8(3)6-10-11(9)4/h1,6-7H,2-4H3. The average molecular weight is 148 g/mol. The topological polar surface area (TPSA) is 17.8 Å². The van der Waals surface area contributed by atoms with Gasteiger partial charge in [0, 0.05) is 7.05 Å². The zero-order valence-corrected chi connectivity index (χ0v) is 7.13. The second-order valence-corrected chi connectivity index (χ2v) is 2.72. The predicted octanol–water partition coefficient (Wildman–Crippen LogP) is 1.47. The highest BCUT2D eigenvalue weighted by Gasteiger charge is 2.09. The first-order valence-electron chi connectivity index (χ1n) is 3.61. The molecule has 1 rings (SSSR count). The van der Waals surface area contributed by atoms with Crippen molar-refractivity contribution in [1.82, 2.24) is 9.78 Å². The molecule has 0 amide bonds. The molecule has 0 aromatic carbocycles. The van der Waals surface area contributed by atoms with Crippen molar-refractivity contribution in [3.05, 3.63) is 17.5 Å². The Hall–Kier alpha value is -1.23. The molecule has 0 fully saturated rings. The number of nitrogens with zero attached hydrogens (tertiary/aromatic N) is 2. The van der Waals surface area contributed by atoms with Crippen LogP contribution in [0.25, 0.3) is 0 Å².